The van der Waals surface area contributed by atoms with Crippen molar-refractivity contribution < 1.29 is 18.9 Å². The lowest BCUT2D eigenvalue weighted by atomic mass is 9.76. The summed E-state index contributed by atoms with van der Waals surface area (Å²) in [6.45, 7) is 1.67. The highest BCUT2D eigenvalue weighted by atomic mass is 19.1. The van der Waals surface area contributed by atoms with Crippen molar-refractivity contribution in [1.29, 1.82) is 5.26 Å². The second-order valence-electron chi connectivity index (χ2n) is 7.33. The normalized spacial score (nSPS) is 20.5. The lowest BCUT2D eigenvalue weighted by molar-refractivity contribution is 0.100. The van der Waals surface area contributed by atoms with Crippen LogP contribution in [0.5, 0.6) is 5.75 Å². The number of benzene rings is 1. The number of nitriles is 1. The number of aromatic nitrogens is 2. The van der Waals surface area contributed by atoms with Crippen molar-refractivity contribution in [3.63, 3.8) is 0 Å². The van der Waals surface area contributed by atoms with Crippen LogP contribution in [0.2, 0.25) is 0 Å². The predicted molar refractivity (Wildman–Crippen MR) is 105 cm³/mol. The molecule has 1 aromatic carbocycles. The first-order chi connectivity index (χ1) is 13.9. The van der Waals surface area contributed by atoms with Crippen molar-refractivity contribution in [1.82, 2.24) is 9.78 Å². The molecule has 2 aromatic rings. The van der Waals surface area contributed by atoms with E-state index >= 15 is 0 Å². The van der Waals surface area contributed by atoms with Gasteiger partial charge in [0.05, 0.1) is 18.0 Å². The average molecular weight is 395 g/mol. The van der Waals surface area contributed by atoms with Gasteiger partial charge in [-0.3, -0.25) is 9.48 Å². The molecule has 4 rings (SSSR count). The molecule has 148 valence electrons. The Bertz CT molecular complexity index is 1060. The zero-order chi connectivity index (χ0) is 20.7. The highest BCUT2D eigenvalue weighted by Gasteiger charge is 2.31. The number of halogens is 1. The first kappa shape index (κ1) is 19.0. The SMILES string of the molecule is CC1=Cc2cc(Nc3nn([C@@H]4CCC[C@H]4C#N)cc3C(N)=O)cc(F)c2OB1O. The number of nitrogens with two attached hydrogens (primary N) is 1. The Balaban J connectivity index is 1.69. The number of nitrogens with zero attached hydrogens (tertiary/aromatic N) is 3. The molecule has 8 nitrogen and oxygen atoms in total. The zero-order valence-electron chi connectivity index (χ0n) is 15.7. The number of anilines is 2. The van der Waals surface area contributed by atoms with Gasteiger partial charge in [-0.05, 0) is 37.7 Å². The Hall–Kier alpha value is -3.32. The number of carbonyl (C=O) groups is 1. The molecule has 29 heavy (non-hydrogen) atoms. The van der Waals surface area contributed by atoms with Gasteiger partial charge in [-0.15, -0.1) is 0 Å². The van der Waals surface area contributed by atoms with Gasteiger partial charge in [-0.2, -0.15) is 10.4 Å². The Morgan fingerprint density at radius 2 is 2.31 bits per heavy atom. The first-order valence-electron chi connectivity index (χ1n) is 9.29. The van der Waals surface area contributed by atoms with Crippen molar-refractivity contribution in [3.8, 4) is 11.8 Å². The molecule has 10 heteroatoms. The van der Waals surface area contributed by atoms with E-state index in [1.807, 2.05) is 0 Å². The minimum Gasteiger partial charge on any atom is -0.530 e. The molecule has 2 atom stereocenters. The van der Waals surface area contributed by atoms with E-state index in [1.165, 1.54) is 12.3 Å². The summed E-state index contributed by atoms with van der Waals surface area (Å²) in [4.78, 5) is 11.9. The summed E-state index contributed by atoms with van der Waals surface area (Å²) in [6.07, 6.45) is 5.63. The number of amides is 1. The second kappa shape index (κ2) is 7.26. The van der Waals surface area contributed by atoms with Crippen LogP contribution in [-0.2, 0) is 0 Å². The van der Waals surface area contributed by atoms with E-state index in [-0.39, 0.29) is 29.1 Å². The number of nitrogens with one attached hydrogen (secondary N) is 1. The van der Waals surface area contributed by atoms with E-state index in [0.717, 1.165) is 19.3 Å². The summed E-state index contributed by atoms with van der Waals surface area (Å²) in [5.41, 5.74) is 6.99. The number of fused-ring (bicyclic) bond motifs is 1. The highest BCUT2D eigenvalue weighted by Crippen LogP contribution is 2.37. The molecule has 4 N–H and O–H groups in total. The van der Waals surface area contributed by atoms with Gasteiger partial charge in [-0.1, -0.05) is 6.08 Å². The van der Waals surface area contributed by atoms with Crippen LogP contribution in [0.1, 0.15) is 48.1 Å². The van der Waals surface area contributed by atoms with Crippen LogP contribution in [0.4, 0.5) is 15.9 Å². The molecule has 0 radical (unpaired) electrons. The van der Waals surface area contributed by atoms with Gasteiger partial charge >= 0.3 is 7.12 Å². The van der Waals surface area contributed by atoms with E-state index in [2.05, 4.69) is 16.5 Å². The lowest BCUT2D eigenvalue weighted by Crippen LogP contribution is -2.27. The number of rotatable bonds is 4. The van der Waals surface area contributed by atoms with Gasteiger partial charge in [0, 0.05) is 23.5 Å². The predicted octanol–water partition coefficient (Wildman–Crippen LogP) is 2.54. The van der Waals surface area contributed by atoms with Crippen molar-refractivity contribution >= 4 is 30.6 Å². The lowest BCUT2D eigenvalue weighted by Gasteiger charge is -2.20. The molecule has 2 heterocycles. The van der Waals surface area contributed by atoms with Gasteiger partial charge in [0.25, 0.3) is 5.91 Å². The van der Waals surface area contributed by atoms with E-state index in [0.29, 0.717) is 16.7 Å². The summed E-state index contributed by atoms with van der Waals surface area (Å²) in [5.74, 6) is -1.37. The third-order valence-corrected chi connectivity index (χ3v) is 5.32. The third kappa shape index (κ3) is 3.45. The van der Waals surface area contributed by atoms with Crippen LogP contribution >= 0.6 is 0 Å². The summed E-state index contributed by atoms with van der Waals surface area (Å²) in [6, 6.07) is 4.97. The summed E-state index contributed by atoms with van der Waals surface area (Å²) in [5, 5.41) is 26.4. The maximum atomic E-state index is 14.5. The molecule has 1 amide bonds. The quantitative estimate of drug-likeness (QED) is 0.683. The fourth-order valence-electron chi connectivity index (χ4n) is 3.82. The van der Waals surface area contributed by atoms with Gasteiger partial charge < -0.3 is 20.7 Å². The largest absolute Gasteiger partial charge is 0.555 e. The van der Waals surface area contributed by atoms with Crippen molar-refractivity contribution in [2.45, 2.75) is 32.2 Å². The molecule has 0 saturated heterocycles. The van der Waals surface area contributed by atoms with Crippen LogP contribution < -0.4 is 15.7 Å². The number of carbonyl (C=O) groups excluding carboxylic acids is 1. The number of hydrogen-bond acceptors (Lipinski definition) is 6. The average Bonchev–Trinajstić information content (AvgIpc) is 3.30. The monoisotopic (exact) mass is 395 g/mol. The number of allylic oxidation sites excluding steroid dienone is 1. The molecule has 0 bridgehead atoms. The van der Waals surface area contributed by atoms with E-state index in [1.54, 1.807) is 23.7 Å². The minimum atomic E-state index is -1.19. The van der Waals surface area contributed by atoms with Crippen molar-refractivity contribution in [2.75, 3.05) is 5.32 Å². The van der Waals surface area contributed by atoms with Crippen LogP contribution in [0.25, 0.3) is 6.08 Å². The van der Waals surface area contributed by atoms with Gasteiger partial charge in [0.1, 0.15) is 11.3 Å². The standard InChI is InChI=1S/C19H19BFN5O3/c1-10-5-12-6-13(7-15(21)17(12)29-20(10)28)24-19-14(18(23)27)9-26(25-19)16-4-2-3-11(16)8-22/h5-7,9,11,16,28H,2-4H2,1H3,(H2,23,27)(H,24,25)/t11-,16+/m0/s1. The minimum absolute atomic E-state index is 0.0443. The smallest absolute Gasteiger partial charge is 0.530 e. The van der Waals surface area contributed by atoms with Gasteiger partial charge in [0.15, 0.2) is 11.6 Å². The van der Waals surface area contributed by atoms with E-state index < -0.39 is 18.8 Å². The topological polar surface area (TPSA) is 126 Å². The third-order valence-electron chi connectivity index (χ3n) is 5.32. The Morgan fingerprint density at radius 1 is 1.52 bits per heavy atom. The fraction of sp³-hybridized carbons (Fsp3) is 0.316. The Kier molecular flexibility index (Phi) is 4.76. The first-order valence-corrected chi connectivity index (χ1v) is 9.29. The molecule has 1 aromatic heterocycles. The summed E-state index contributed by atoms with van der Waals surface area (Å²) < 4.78 is 21.3. The fourth-order valence-corrected chi connectivity index (χ4v) is 3.82. The summed E-state index contributed by atoms with van der Waals surface area (Å²) in [7, 11) is -1.19. The van der Waals surface area contributed by atoms with E-state index in [4.69, 9.17) is 10.4 Å². The number of primary amides is 1. The maximum absolute atomic E-state index is 14.5. The van der Waals surface area contributed by atoms with Crippen LogP contribution in [-0.4, -0.2) is 27.8 Å². The second-order valence-corrected chi connectivity index (χ2v) is 7.33. The maximum Gasteiger partial charge on any atom is 0.555 e. The molecule has 0 unspecified atom stereocenters. The molecule has 0 spiro atoms. The Labute approximate surface area is 166 Å². The Morgan fingerprint density at radius 3 is 3.03 bits per heavy atom. The van der Waals surface area contributed by atoms with E-state index in [9.17, 15) is 19.5 Å². The van der Waals surface area contributed by atoms with Crippen molar-refractivity contribution in [2.24, 2.45) is 11.7 Å². The summed E-state index contributed by atoms with van der Waals surface area (Å²) >= 11 is 0. The highest BCUT2D eigenvalue weighted by molar-refractivity contribution is 6.54. The van der Waals surface area contributed by atoms with Crippen LogP contribution in [0.3, 0.4) is 0 Å². The molecule has 1 aliphatic heterocycles. The molecule has 1 aliphatic carbocycles. The van der Waals surface area contributed by atoms with Crippen LogP contribution in [0.15, 0.2) is 23.8 Å². The molecular weight excluding hydrogens is 376 g/mol. The molecule has 2 aliphatic rings. The number of hydrogen-bond donors (Lipinski definition) is 3. The molecule has 1 fully saturated rings. The van der Waals surface area contributed by atoms with Gasteiger partial charge in [-0.25, -0.2) is 4.39 Å². The molecule has 1 saturated carbocycles. The zero-order valence-corrected chi connectivity index (χ0v) is 15.7. The molecular formula is C19H19BFN5O3. The van der Waals surface area contributed by atoms with Gasteiger partial charge in [0.2, 0.25) is 0 Å². The van der Waals surface area contributed by atoms with Crippen molar-refractivity contribution in [3.05, 3.63) is 40.7 Å². The van der Waals surface area contributed by atoms with Crippen LogP contribution in [0, 0.1) is 23.1 Å².